The summed E-state index contributed by atoms with van der Waals surface area (Å²) in [6.45, 7) is 6.17. The monoisotopic (exact) mass is 338 g/mol. The van der Waals surface area contributed by atoms with Crippen molar-refractivity contribution in [3.63, 3.8) is 0 Å². The van der Waals surface area contributed by atoms with E-state index in [9.17, 15) is 4.39 Å². The number of para-hydroxylation sites is 1. The molecule has 0 bridgehead atoms. The van der Waals surface area contributed by atoms with Gasteiger partial charge in [0.1, 0.15) is 0 Å². The van der Waals surface area contributed by atoms with E-state index in [1.165, 1.54) is 6.07 Å². The Morgan fingerprint density at radius 1 is 1.29 bits per heavy atom. The number of nitrogens with one attached hydrogen (secondary N) is 1. The van der Waals surface area contributed by atoms with Gasteiger partial charge in [0.15, 0.2) is 11.6 Å². The molecule has 1 fully saturated rings. The van der Waals surface area contributed by atoms with Gasteiger partial charge in [-0.15, -0.1) is 24.8 Å². The zero-order chi connectivity index (χ0) is 13.7. The van der Waals surface area contributed by atoms with Gasteiger partial charge in [-0.2, -0.15) is 0 Å². The van der Waals surface area contributed by atoms with Gasteiger partial charge in [0.2, 0.25) is 0 Å². The van der Waals surface area contributed by atoms with E-state index in [1.54, 1.807) is 13.2 Å². The first kappa shape index (κ1) is 20.5. The number of benzene rings is 1. The van der Waals surface area contributed by atoms with E-state index >= 15 is 0 Å². The zero-order valence-corrected chi connectivity index (χ0v) is 14.2. The van der Waals surface area contributed by atoms with Crippen LogP contribution in [0.3, 0.4) is 0 Å². The summed E-state index contributed by atoms with van der Waals surface area (Å²) in [5.41, 5.74) is 0.978. The average Bonchev–Trinajstić information content (AvgIpc) is 2.45. The van der Waals surface area contributed by atoms with E-state index in [2.05, 4.69) is 17.1 Å². The molecule has 0 spiro atoms. The number of methoxy groups -OCH3 is 1. The molecule has 1 saturated heterocycles. The van der Waals surface area contributed by atoms with Gasteiger partial charge < -0.3 is 10.1 Å². The first-order valence-corrected chi connectivity index (χ1v) is 7.05. The van der Waals surface area contributed by atoms with Crippen LogP contribution in [0.15, 0.2) is 18.2 Å². The Morgan fingerprint density at radius 3 is 2.52 bits per heavy atom. The summed E-state index contributed by atoms with van der Waals surface area (Å²) >= 11 is 0. The van der Waals surface area contributed by atoms with Crippen molar-refractivity contribution in [3.8, 4) is 5.75 Å². The Kier molecular flexibility index (Phi) is 9.95. The van der Waals surface area contributed by atoms with Crippen molar-refractivity contribution in [3.05, 3.63) is 29.6 Å². The predicted molar refractivity (Wildman–Crippen MR) is 89.5 cm³/mol. The third-order valence-electron chi connectivity index (χ3n) is 3.72. The Morgan fingerprint density at radius 2 is 1.95 bits per heavy atom. The van der Waals surface area contributed by atoms with Crippen LogP contribution < -0.4 is 10.1 Å². The molecule has 21 heavy (non-hydrogen) atoms. The number of hydrogen-bond acceptors (Lipinski definition) is 3. The van der Waals surface area contributed by atoms with E-state index in [4.69, 9.17) is 4.74 Å². The van der Waals surface area contributed by atoms with Crippen molar-refractivity contribution in [2.75, 3.05) is 33.3 Å². The van der Waals surface area contributed by atoms with Crippen molar-refractivity contribution >= 4 is 24.8 Å². The lowest BCUT2D eigenvalue weighted by molar-refractivity contribution is 0.161. The molecule has 2 rings (SSSR count). The van der Waals surface area contributed by atoms with Gasteiger partial charge in [0.05, 0.1) is 7.11 Å². The summed E-state index contributed by atoms with van der Waals surface area (Å²) in [6, 6.07) is 5.48. The van der Waals surface area contributed by atoms with Gasteiger partial charge in [0.25, 0.3) is 0 Å². The van der Waals surface area contributed by atoms with Gasteiger partial charge in [-0.1, -0.05) is 25.5 Å². The fourth-order valence-corrected chi connectivity index (χ4v) is 2.81. The third-order valence-corrected chi connectivity index (χ3v) is 3.72. The molecule has 122 valence electrons. The molecule has 0 amide bonds. The first-order chi connectivity index (χ1) is 9.27. The number of nitrogens with zero attached hydrogens (tertiary/aromatic N) is 1. The van der Waals surface area contributed by atoms with Crippen molar-refractivity contribution in [1.82, 2.24) is 10.2 Å². The highest BCUT2D eigenvalue weighted by molar-refractivity contribution is 5.85. The molecule has 1 heterocycles. The van der Waals surface area contributed by atoms with Crippen LogP contribution in [0, 0.1) is 5.82 Å². The van der Waals surface area contributed by atoms with Crippen LogP contribution in [0.1, 0.15) is 31.4 Å². The molecule has 0 aliphatic carbocycles. The van der Waals surface area contributed by atoms with E-state index in [1.807, 2.05) is 6.07 Å². The summed E-state index contributed by atoms with van der Waals surface area (Å²) in [5.74, 6) is 0.135. The second-order valence-corrected chi connectivity index (χ2v) is 4.95. The number of hydrogen-bond donors (Lipinski definition) is 1. The summed E-state index contributed by atoms with van der Waals surface area (Å²) in [5, 5.41) is 3.36. The molecule has 1 N–H and O–H groups in total. The molecule has 1 aliphatic heterocycles. The van der Waals surface area contributed by atoms with Crippen molar-refractivity contribution in [2.45, 2.75) is 25.8 Å². The lowest BCUT2D eigenvalue weighted by Gasteiger charge is -2.35. The minimum atomic E-state index is -0.267. The molecular weight excluding hydrogens is 314 g/mol. The van der Waals surface area contributed by atoms with E-state index < -0.39 is 0 Å². The molecule has 1 aromatic carbocycles. The maximum Gasteiger partial charge on any atom is 0.165 e. The lowest BCUT2D eigenvalue weighted by atomic mass is 9.98. The van der Waals surface area contributed by atoms with Crippen molar-refractivity contribution < 1.29 is 9.13 Å². The van der Waals surface area contributed by atoms with E-state index in [0.29, 0.717) is 5.75 Å². The normalized spacial score (nSPS) is 16.5. The minimum absolute atomic E-state index is 0. The molecule has 1 aromatic rings. The summed E-state index contributed by atoms with van der Waals surface area (Å²) in [4.78, 5) is 2.43. The number of rotatable bonds is 5. The molecule has 3 nitrogen and oxygen atoms in total. The number of ether oxygens (including phenoxy) is 1. The number of halogens is 3. The first-order valence-electron chi connectivity index (χ1n) is 7.05. The standard InChI is InChI=1S/C15H23FN2O.2ClH/c1-3-5-14(18-10-8-17-9-11-18)12-6-4-7-13(16)15(12)19-2;;/h4,6-7,14,17H,3,5,8-11H2,1-2H3;2*1H/t14-;;/m1../s1. The largest absolute Gasteiger partial charge is 0.493 e. The van der Waals surface area contributed by atoms with E-state index in [-0.39, 0.29) is 36.7 Å². The SMILES string of the molecule is CCC[C@H](c1cccc(F)c1OC)N1CCNCC1.Cl.Cl. The average molecular weight is 339 g/mol. The second-order valence-electron chi connectivity index (χ2n) is 4.95. The van der Waals surface area contributed by atoms with Gasteiger partial charge in [-0.3, -0.25) is 4.90 Å². The second kappa shape index (κ2) is 10.2. The topological polar surface area (TPSA) is 24.5 Å². The highest BCUT2D eigenvalue weighted by Gasteiger charge is 2.25. The van der Waals surface area contributed by atoms with Crippen LogP contribution in [-0.4, -0.2) is 38.2 Å². The van der Waals surface area contributed by atoms with Crippen LogP contribution in [0.2, 0.25) is 0 Å². The highest BCUT2D eigenvalue weighted by Crippen LogP contribution is 2.34. The quantitative estimate of drug-likeness (QED) is 0.890. The molecule has 1 atom stereocenters. The predicted octanol–water partition coefficient (Wildman–Crippen LogP) is 3.42. The van der Waals surface area contributed by atoms with Gasteiger partial charge in [0, 0.05) is 37.8 Å². The van der Waals surface area contributed by atoms with Gasteiger partial charge in [-0.25, -0.2) is 4.39 Å². The van der Waals surface area contributed by atoms with Crippen molar-refractivity contribution in [1.29, 1.82) is 0 Å². The molecule has 0 aromatic heterocycles. The van der Waals surface area contributed by atoms with Crippen LogP contribution in [-0.2, 0) is 0 Å². The number of piperazine rings is 1. The maximum atomic E-state index is 13.9. The lowest BCUT2D eigenvalue weighted by Crippen LogP contribution is -2.45. The maximum absolute atomic E-state index is 13.9. The van der Waals surface area contributed by atoms with Gasteiger partial charge >= 0.3 is 0 Å². The molecular formula is C15H25Cl2FN2O. The summed E-state index contributed by atoms with van der Waals surface area (Å²) < 4.78 is 19.1. The van der Waals surface area contributed by atoms with Crippen LogP contribution in [0.5, 0.6) is 5.75 Å². The zero-order valence-electron chi connectivity index (χ0n) is 12.6. The minimum Gasteiger partial charge on any atom is -0.493 e. The van der Waals surface area contributed by atoms with Crippen LogP contribution in [0.25, 0.3) is 0 Å². The molecule has 0 radical (unpaired) electrons. The Hall–Kier alpha value is -0.550. The molecule has 0 unspecified atom stereocenters. The Balaban J connectivity index is 0.00000200. The molecule has 1 aliphatic rings. The Labute approximate surface area is 139 Å². The summed E-state index contributed by atoms with van der Waals surface area (Å²) in [7, 11) is 1.54. The van der Waals surface area contributed by atoms with Crippen LogP contribution >= 0.6 is 24.8 Å². The summed E-state index contributed by atoms with van der Waals surface area (Å²) in [6.07, 6.45) is 2.11. The van der Waals surface area contributed by atoms with Crippen molar-refractivity contribution in [2.24, 2.45) is 0 Å². The fourth-order valence-electron chi connectivity index (χ4n) is 2.81. The Bertz CT molecular complexity index is 415. The molecule has 6 heteroatoms. The van der Waals surface area contributed by atoms with E-state index in [0.717, 1.165) is 44.6 Å². The van der Waals surface area contributed by atoms with Gasteiger partial charge in [-0.05, 0) is 12.5 Å². The van der Waals surface area contributed by atoms with Crippen LogP contribution in [0.4, 0.5) is 4.39 Å². The molecule has 0 saturated carbocycles. The third kappa shape index (κ3) is 4.99. The fraction of sp³-hybridized carbons (Fsp3) is 0.600. The highest BCUT2D eigenvalue weighted by atomic mass is 35.5. The smallest absolute Gasteiger partial charge is 0.165 e.